The molecule has 0 unspecified atom stereocenters. The molecule has 0 saturated carbocycles. The first-order valence-corrected chi connectivity index (χ1v) is 21.8. The number of halogens is 3. The van der Waals surface area contributed by atoms with E-state index in [0.29, 0.717) is 11.8 Å². The summed E-state index contributed by atoms with van der Waals surface area (Å²) in [6.07, 6.45) is 0. The predicted octanol–water partition coefficient (Wildman–Crippen LogP) is -7.49. The number of nitrogens with zero attached hydrogens (tertiary/aromatic N) is 6. The van der Waals surface area contributed by atoms with E-state index in [1.54, 1.807) is 0 Å². The third-order valence-electron chi connectivity index (χ3n) is 7.76. The maximum absolute atomic E-state index is 13.6. The minimum atomic E-state index is -5.91. The molecule has 2 N–H and O–H groups in total. The molecule has 1 aromatic heterocycles. The van der Waals surface area contributed by atoms with E-state index in [1.165, 1.54) is 24.3 Å². The number of aromatic nitrogens is 2. The van der Waals surface area contributed by atoms with Crippen molar-refractivity contribution in [3.05, 3.63) is 76.1 Å². The van der Waals surface area contributed by atoms with Crippen LogP contribution in [0.5, 0.6) is 17.2 Å². The number of benzene rings is 5. The monoisotopic (exact) mass is 1100 g/mol. The van der Waals surface area contributed by atoms with Crippen molar-refractivity contribution in [1.82, 2.24) is 9.97 Å². The van der Waals surface area contributed by atoms with Crippen molar-refractivity contribution < 1.29 is 202 Å². The van der Waals surface area contributed by atoms with Gasteiger partial charge in [0.15, 0.2) is 11.0 Å². The Morgan fingerprint density at radius 3 is 1.72 bits per heavy atom. The van der Waals surface area contributed by atoms with Gasteiger partial charge in [-0.05, 0) is 70.9 Å². The Kier molecular flexibility index (Phi) is 22.1. The number of nitrogens with one attached hydrogen (secondary N) is 1. The number of azo groups is 2. The molecule has 0 saturated heterocycles. The molecule has 0 amide bonds. The second-order valence-corrected chi connectivity index (χ2v) is 18.0. The number of hydrogen-bond donors (Lipinski definition) is 2. The van der Waals surface area contributed by atoms with Crippen molar-refractivity contribution in [2.24, 2.45) is 20.5 Å². The molecule has 5 aromatic carbocycles. The van der Waals surface area contributed by atoms with E-state index < -0.39 is 116 Å². The first kappa shape index (κ1) is 61.1. The van der Waals surface area contributed by atoms with Crippen LogP contribution >= 0.6 is 34.8 Å². The molecule has 64 heavy (non-hydrogen) atoms. The average Bonchev–Trinajstić information content (AvgIpc) is 3.12. The van der Waals surface area contributed by atoms with Crippen LogP contribution in [-0.2, 0) is 57.5 Å². The van der Waals surface area contributed by atoms with Gasteiger partial charge in [0, 0.05) is 16.5 Å². The molecule has 6 rings (SSSR count). The van der Waals surface area contributed by atoms with Gasteiger partial charge in [-0.2, -0.15) is 28.7 Å². The van der Waals surface area contributed by atoms with E-state index in [-0.39, 0.29) is 180 Å². The quantitative estimate of drug-likeness (QED) is 0.0423. The van der Waals surface area contributed by atoms with Crippen LogP contribution in [0.15, 0.2) is 101 Å². The molecule has 1 radical (unpaired) electrons. The fourth-order valence-electron chi connectivity index (χ4n) is 5.24. The van der Waals surface area contributed by atoms with Gasteiger partial charge in [0.25, 0.3) is 10.1 Å². The van der Waals surface area contributed by atoms with E-state index in [0.717, 1.165) is 12.1 Å². The maximum Gasteiger partial charge on any atom is 2.00 e. The van der Waals surface area contributed by atoms with Crippen LogP contribution < -0.4 is 139 Å². The third-order valence-corrected chi connectivity index (χ3v) is 12.1. The van der Waals surface area contributed by atoms with Gasteiger partial charge in [0.05, 0.1) is 37.4 Å². The first-order valence-electron chi connectivity index (χ1n) is 15.0. The van der Waals surface area contributed by atoms with E-state index in [4.69, 9.17) is 34.8 Å². The Labute approximate surface area is 475 Å². The van der Waals surface area contributed by atoms with Crippen molar-refractivity contribution >= 4 is 131 Å². The van der Waals surface area contributed by atoms with Crippen LogP contribution in [0, 0.1) is 0 Å². The first-order chi connectivity index (χ1) is 27.3. The van der Waals surface area contributed by atoms with E-state index in [9.17, 15) is 67.2 Å². The second kappa shape index (κ2) is 23.2. The van der Waals surface area contributed by atoms with Crippen LogP contribution in [0.1, 0.15) is 0 Å². The Morgan fingerprint density at radius 2 is 1.17 bits per heavy atom. The zero-order chi connectivity index (χ0) is 43.6. The Morgan fingerprint density at radius 1 is 0.594 bits per heavy atom. The normalized spacial score (nSPS) is 11.9. The summed E-state index contributed by atoms with van der Waals surface area (Å²) in [7, 11) is -22.7. The second-order valence-electron chi connectivity index (χ2n) is 11.5. The van der Waals surface area contributed by atoms with E-state index in [1.807, 2.05) is 0 Å². The summed E-state index contributed by atoms with van der Waals surface area (Å²) in [5, 5.41) is 53.1. The molecule has 0 aliphatic carbocycles. The molecule has 6 aromatic rings. The van der Waals surface area contributed by atoms with Crippen molar-refractivity contribution in [3.63, 3.8) is 0 Å². The summed E-state index contributed by atoms with van der Waals surface area (Å²) in [6, 6.07) is 7.99. The van der Waals surface area contributed by atoms with E-state index >= 15 is 0 Å². The van der Waals surface area contributed by atoms with Gasteiger partial charge in [0.2, 0.25) is 5.28 Å². The molecule has 0 fully saturated rings. The maximum atomic E-state index is 13.6. The summed E-state index contributed by atoms with van der Waals surface area (Å²) in [4.78, 5) is 1.59. The van der Waals surface area contributed by atoms with Gasteiger partial charge in [-0.3, -0.25) is 4.55 Å². The molecule has 0 aliphatic rings. The molecule has 0 spiro atoms. The summed E-state index contributed by atoms with van der Waals surface area (Å²) < 4.78 is 143. The number of fused-ring (bicyclic) bond motifs is 2. The molecular formula is C30H12Cl3CuN7Na4O15S4. The van der Waals surface area contributed by atoms with E-state index in [2.05, 4.69) is 35.7 Å². The third kappa shape index (κ3) is 13.5. The van der Waals surface area contributed by atoms with Gasteiger partial charge < -0.3 is 34.3 Å². The van der Waals surface area contributed by atoms with Crippen LogP contribution in [0.2, 0.25) is 15.5 Å². The summed E-state index contributed by atoms with van der Waals surface area (Å²) in [6.45, 7) is 0. The van der Waals surface area contributed by atoms with Gasteiger partial charge in [-0.15, -0.1) is 5.11 Å². The number of hydrogen-bond acceptors (Lipinski definition) is 21. The Balaban J connectivity index is 0.00000410. The molecule has 34 heteroatoms. The number of anilines is 2. The molecule has 0 bridgehead atoms. The minimum Gasteiger partial charge on any atom is -0.871 e. The van der Waals surface area contributed by atoms with Gasteiger partial charge >= 0.3 is 135 Å². The fourth-order valence-corrected chi connectivity index (χ4v) is 8.41. The number of rotatable bonds is 10. The SMILES string of the molecule is O=S(=O)([O-])c1cc(S(=O)(=O)[O-])c2c([O-])c(N=Nc3c([O-])ccc4c([O-])c(N=Nc5ccc(Nc6nc(Cl)nc(Cl)c6Cl)cc5)c(S(=O)(=O)O)cc34)cc(S(=O)(=O)[O-])c2c1.[Cu+2].[Na+].[Na+].[Na+].[Na+]. The molecule has 0 atom stereocenters. The fraction of sp³-hybridized carbons (Fsp3) is 0. The summed E-state index contributed by atoms with van der Waals surface area (Å²) in [5.41, 5.74) is -2.79. The van der Waals surface area contributed by atoms with Crippen molar-refractivity contribution in [3.8, 4) is 17.2 Å². The average molecular weight is 1100 g/mol. The smallest absolute Gasteiger partial charge is 0.871 e. The minimum absolute atomic E-state index is 0. The molecule has 0 aliphatic heterocycles. The van der Waals surface area contributed by atoms with Gasteiger partial charge in [0.1, 0.15) is 40.3 Å². The molecule has 317 valence electrons. The summed E-state index contributed by atoms with van der Waals surface area (Å²) >= 11 is 17.8. The van der Waals surface area contributed by atoms with Crippen LogP contribution in [0.25, 0.3) is 21.5 Å². The summed E-state index contributed by atoms with van der Waals surface area (Å²) in [5.74, 6) is -4.05. The largest absolute Gasteiger partial charge is 2.00 e. The Bertz CT molecular complexity index is 3350. The topological polar surface area (TPSA) is 382 Å². The molecule has 22 nitrogen and oxygen atoms in total. The van der Waals surface area contributed by atoms with Crippen molar-refractivity contribution in [1.29, 1.82) is 0 Å². The van der Waals surface area contributed by atoms with Crippen LogP contribution in [0.3, 0.4) is 0 Å². The van der Waals surface area contributed by atoms with Crippen LogP contribution in [-0.4, -0.2) is 61.9 Å². The zero-order valence-corrected chi connectivity index (χ0v) is 46.7. The zero-order valence-electron chi connectivity index (χ0n) is 32.2. The van der Waals surface area contributed by atoms with Crippen LogP contribution in [0.4, 0.5) is 34.3 Å². The Hall–Kier alpha value is -0.871. The van der Waals surface area contributed by atoms with Gasteiger partial charge in [-0.25, -0.2) is 30.2 Å². The standard InChI is InChI=1S/C30H18Cl3N7O15S4.Cu.4Na/c31-23-28(32)35-30(33)36-29(23)34-11-1-3-12(4-2-11)37-40-25-21(59(53,54)55)9-15-14(26(25)42)5-6-18(41)24(15)39-38-17-10-19(57(47,48)49)16-7-13(56(44,45)46)8-20(58(50,51)52)22(16)27(17)43;;;;;/h1-10,41-43H,(H,34,35,36)(H,44,45,46)(H,47,48,49)(H,50,51,52)(H,53,54,55);;;;;/q;+2;4*+1/p-6. The van der Waals surface area contributed by atoms with Crippen molar-refractivity contribution in [2.75, 3.05) is 5.32 Å². The van der Waals surface area contributed by atoms with Crippen molar-refractivity contribution in [2.45, 2.75) is 19.6 Å². The molecular weight excluding hydrogens is 1090 g/mol. The predicted molar refractivity (Wildman–Crippen MR) is 195 cm³/mol. The molecule has 1 heterocycles. The van der Waals surface area contributed by atoms with Gasteiger partial charge in [-0.1, -0.05) is 52.6 Å².